The van der Waals surface area contributed by atoms with Gasteiger partial charge in [-0.25, -0.2) is 9.97 Å². The Balaban J connectivity index is 0.000000144. The van der Waals surface area contributed by atoms with E-state index >= 15 is 0 Å². The fraction of sp³-hybridized carbons (Fsp3) is 0. The van der Waals surface area contributed by atoms with Crippen molar-refractivity contribution in [2.24, 2.45) is 0 Å². The zero-order chi connectivity index (χ0) is 73.2. The Morgan fingerprint density at radius 2 is 0.509 bits per heavy atom. The SMILES string of the molecule is N#Cc1cc(-c2ccc(-c3ccc(-c4nc5ccccc5n4-c4ccccc4)cc3)c3ccccc23)cc(-c2cc3ccccc3c3ccccc23)c1.N#Cc1cc(-c2ccc3c4ccccc4c4ccccc4c3c2)cc(-c2ccc(-c3ccc(-c4nc5ccccc5n4-c4ccccc4)cc3)c3ccccc23)c1. The molecule has 0 saturated carbocycles. The summed E-state index contributed by atoms with van der Waals surface area (Å²) in [5.74, 6) is 1.83. The number of benzene rings is 19. The molecule has 110 heavy (non-hydrogen) atoms. The standard InChI is InChI=1S/C54H33N3.C50H31N3/c55-34-35-30-39(38-26-27-50-48-18-7-6-16-46(48)47-17-8-9-19-49(47)51(50)33-38)32-40(31-35)43-29-28-42(44-14-4-5-15-45(43)44)36-22-24-37(25-23-36)54-56-52-20-10-11-21-53(52)57(54)41-12-2-1-3-13-41;51-32-33-28-37(30-38(29-33)47-31-36-12-4-5-15-40(36)43-16-8-9-19-46(43)47)42-27-26-41(44-17-6-7-18-45(42)44)34-22-24-35(25-23-34)50-52-48-20-10-11-21-49(48)53(50)39-13-2-1-3-14-39/h1-33H;1-31H. The van der Waals surface area contributed by atoms with Gasteiger partial charge in [-0.15, -0.1) is 0 Å². The molecular weight excluding hydrogens is 1330 g/mol. The summed E-state index contributed by atoms with van der Waals surface area (Å²) in [6.45, 7) is 0. The monoisotopic (exact) mass is 1400 g/mol. The Bertz CT molecular complexity index is 7310. The van der Waals surface area contributed by atoms with Crippen LogP contribution in [-0.4, -0.2) is 19.1 Å². The fourth-order valence-corrected chi connectivity index (χ4v) is 16.7. The molecule has 0 aliphatic rings. The molecule has 0 amide bonds. The van der Waals surface area contributed by atoms with Crippen LogP contribution in [0.5, 0.6) is 0 Å². The highest BCUT2D eigenvalue weighted by molar-refractivity contribution is 6.26. The average molecular weight is 1400 g/mol. The van der Waals surface area contributed by atoms with Gasteiger partial charge >= 0.3 is 0 Å². The largest absolute Gasteiger partial charge is 0.292 e. The van der Waals surface area contributed by atoms with E-state index in [0.717, 1.165) is 145 Å². The van der Waals surface area contributed by atoms with Crippen LogP contribution >= 0.6 is 0 Å². The number of fused-ring (bicyclic) bond motifs is 13. The minimum Gasteiger partial charge on any atom is -0.292 e. The number of hydrogen-bond acceptors (Lipinski definition) is 4. The third kappa shape index (κ3) is 11.3. The zero-order valence-electron chi connectivity index (χ0n) is 59.6. The predicted octanol–water partition coefficient (Wildman–Crippen LogP) is 27.2. The first-order valence-corrected chi connectivity index (χ1v) is 37.1. The van der Waals surface area contributed by atoms with E-state index < -0.39 is 0 Å². The molecule has 0 spiro atoms. The van der Waals surface area contributed by atoms with Crippen LogP contribution in [0.4, 0.5) is 0 Å². The number of para-hydroxylation sites is 6. The van der Waals surface area contributed by atoms with Gasteiger partial charge in [0, 0.05) is 22.5 Å². The van der Waals surface area contributed by atoms with E-state index in [1.165, 1.54) is 53.9 Å². The summed E-state index contributed by atoms with van der Waals surface area (Å²) in [6.07, 6.45) is 0. The van der Waals surface area contributed by atoms with Gasteiger partial charge in [0.05, 0.1) is 45.3 Å². The molecule has 6 heteroatoms. The van der Waals surface area contributed by atoms with Gasteiger partial charge in [0.25, 0.3) is 0 Å². The molecule has 0 unspecified atom stereocenters. The lowest BCUT2D eigenvalue weighted by molar-refractivity contribution is 1.10. The lowest BCUT2D eigenvalue weighted by Gasteiger charge is -2.15. The lowest BCUT2D eigenvalue weighted by atomic mass is 9.88. The van der Waals surface area contributed by atoms with E-state index in [1.54, 1.807) is 0 Å². The van der Waals surface area contributed by atoms with Gasteiger partial charge in [0.15, 0.2) is 0 Å². The summed E-state index contributed by atoms with van der Waals surface area (Å²) in [5, 5.41) is 37.4. The average Bonchev–Trinajstić information content (AvgIpc) is 1.07. The normalized spacial score (nSPS) is 11.4. The Hall–Kier alpha value is -15.1. The molecule has 0 aliphatic carbocycles. The Morgan fingerprint density at radius 1 is 0.200 bits per heavy atom. The second-order valence-electron chi connectivity index (χ2n) is 28.1. The molecule has 19 aromatic carbocycles. The van der Waals surface area contributed by atoms with E-state index in [0.29, 0.717) is 11.1 Å². The van der Waals surface area contributed by atoms with Crippen molar-refractivity contribution in [3.8, 4) is 113 Å². The second kappa shape index (κ2) is 27.1. The van der Waals surface area contributed by atoms with Gasteiger partial charge in [-0.1, -0.05) is 291 Å². The lowest BCUT2D eigenvalue weighted by Crippen LogP contribution is -1.97. The van der Waals surface area contributed by atoms with Crippen molar-refractivity contribution in [2.75, 3.05) is 0 Å². The van der Waals surface area contributed by atoms with Gasteiger partial charge in [0.1, 0.15) is 11.6 Å². The topological polar surface area (TPSA) is 83.2 Å². The third-order valence-electron chi connectivity index (χ3n) is 21.8. The molecule has 0 aliphatic heterocycles. The summed E-state index contributed by atoms with van der Waals surface area (Å²) < 4.78 is 4.47. The zero-order valence-corrected chi connectivity index (χ0v) is 59.6. The van der Waals surface area contributed by atoms with Crippen LogP contribution in [0.15, 0.2) is 388 Å². The summed E-state index contributed by atoms with van der Waals surface area (Å²) in [7, 11) is 0. The molecule has 0 fully saturated rings. The third-order valence-corrected chi connectivity index (χ3v) is 21.8. The van der Waals surface area contributed by atoms with Crippen LogP contribution in [-0.2, 0) is 0 Å². The first-order chi connectivity index (χ1) is 54.4. The molecule has 21 aromatic rings. The molecule has 6 nitrogen and oxygen atoms in total. The van der Waals surface area contributed by atoms with Gasteiger partial charge in [-0.3, -0.25) is 9.13 Å². The minimum absolute atomic E-state index is 0.635. The van der Waals surface area contributed by atoms with E-state index in [2.05, 4.69) is 361 Å². The van der Waals surface area contributed by atoms with Crippen LogP contribution in [0.25, 0.3) is 198 Å². The first kappa shape index (κ1) is 64.5. The number of aromatic nitrogens is 4. The van der Waals surface area contributed by atoms with Gasteiger partial charge in [0.2, 0.25) is 0 Å². The molecule has 0 N–H and O–H groups in total. The predicted molar refractivity (Wildman–Crippen MR) is 458 cm³/mol. The molecule has 2 heterocycles. The highest BCUT2D eigenvalue weighted by atomic mass is 15.1. The molecule has 510 valence electrons. The second-order valence-corrected chi connectivity index (χ2v) is 28.1. The van der Waals surface area contributed by atoms with Crippen LogP contribution in [0.3, 0.4) is 0 Å². The maximum Gasteiger partial charge on any atom is 0.145 e. The van der Waals surface area contributed by atoms with Crippen LogP contribution < -0.4 is 0 Å². The summed E-state index contributed by atoms with van der Waals surface area (Å²) in [6, 6.07) is 142. The molecule has 0 saturated heterocycles. The fourth-order valence-electron chi connectivity index (χ4n) is 16.7. The van der Waals surface area contributed by atoms with E-state index in [9.17, 15) is 10.5 Å². The van der Waals surface area contributed by atoms with Gasteiger partial charge in [-0.05, 0) is 239 Å². The molecule has 0 atom stereocenters. The van der Waals surface area contributed by atoms with Crippen molar-refractivity contribution in [1.82, 2.24) is 19.1 Å². The number of nitriles is 2. The molecule has 0 bridgehead atoms. The molecule has 0 radical (unpaired) electrons. The van der Waals surface area contributed by atoms with Crippen molar-refractivity contribution in [2.45, 2.75) is 0 Å². The number of nitrogens with zero attached hydrogens (tertiary/aromatic N) is 6. The minimum atomic E-state index is 0.635. The number of hydrogen-bond donors (Lipinski definition) is 0. The number of imidazole rings is 2. The maximum absolute atomic E-state index is 10.3. The smallest absolute Gasteiger partial charge is 0.145 e. The van der Waals surface area contributed by atoms with E-state index in [1.807, 2.05) is 48.5 Å². The van der Waals surface area contributed by atoms with E-state index in [-0.39, 0.29) is 0 Å². The van der Waals surface area contributed by atoms with Crippen molar-refractivity contribution in [3.05, 3.63) is 399 Å². The Labute approximate surface area is 635 Å². The maximum atomic E-state index is 10.3. The number of rotatable bonds is 10. The van der Waals surface area contributed by atoms with Gasteiger partial charge in [-0.2, -0.15) is 10.5 Å². The quantitative estimate of drug-likeness (QED) is 0.128. The van der Waals surface area contributed by atoms with Crippen molar-refractivity contribution >= 4 is 97.5 Å². The van der Waals surface area contributed by atoms with Crippen LogP contribution in [0, 0.1) is 22.7 Å². The van der Waals surface area contributed by atoms with Crippen molar-refractivity contribution in [3.63, 3.8) is 0 Å². The Morgan fingerprint density at radius 3 is 0.955 bits per heavy atom. The highest BCUT2D eigenvalue weighted by Crippen LogP contribution is 2.45. The molecular formula is C104H64N6. The Kier molecular flexibility index (Phi) is 15.9. The molecule has 2 aromatic heterocycles. The van der Waals surface area contributed by atoms with Crippen molar-refractivity contribution in [1.29, 1.82) is 10.5 Å². The summed E-state index contributed by atoms with van der Waals surface area (Å²) in [5.41, 5.74) is 22.7. The van der Waals surface area contributed by atoms with E-state index in [4.69, 9.17) is 9.97 Å². The first-order valence-electron chi connectivity index (χ1n) is 37.1. The van der Waals surface area contributed by atoms with Crippen LogP contribution in [0.1, 0.15) is 11.1 Å². The van der Waals surface area contributed by atoms with Crippen molar-refractivity contribution < 1.29 is 0 Å². The molecule has 21 rings (SSSR count). The summed E-state index contributed by atoms with van der Waals surface area (Å²) in [4.78, 5) is 10.2. The summed E-state index contributed by atoms with van der Waals surface area (Å²) >= 11 is 0. The van der Waals surface area contributed by atoms with Crippen LogP contribution in [0.2, 0.25) is 0 Å². The van der Waals surface area contributed by atoms with Gasteiger partial charge < -0.3 is 0 Å². The highest BCUT2D eigenvalue weighted by Gasteiger charge is 2.21.